The maximum atomic E-state index is 11.9. The molecule has 0 spiro atoms. The van der Waals surface area contributed by atoms with Gasteiger partial charge in [0.15, 0.2) is 11.5 Å². The molecule has 2 aromatic heterocycles. The Morgan fingerprint density at radius 1 is 0.511 bits per heavy atom. The molecule has 15 heteroatoms. The van der Waals surface area contributed by atoms with Crippen molar-refractivity contribution in [2.45, 2.75) is 0 Å². The van der Waals surface area contributed by atoms with Crippen LogP contribution in [0.1, 0.15) is 22.6 Å². The van der Waals surface area contributed by atoms with E-state index in [9.17, 15) is 30.4 Å². The van der Waals surface area contributed by atoms with Gasteiger partial charge in [-0.05, 0) is 44.8 Å². The standard InChI is InChI=1S/2C16H11N3O4.Ni/c2*20-15-7-5-11-3-1-2-4-13(11)14(15)10-18-17-9-12-6-8-16(23-12)19(21)22;/h2*1-10,20H;/q;;+2/p-2/b2*17-9+,18-10+;. The van der Waals surface area contributed by atoms with Gasteiger partial charge in [0.25, 0.3) is 0 Å². The van der Waals surface area contributed by atoms with Crippen molar-refractivity contribution < 1.29 is 45.4 Å². The second-order valence-electron chi connectivity index (χ2n) is 9.24. The van der Waals surface area contributed by atoms with Gasteiger partial charge in [-0.2, -0.15) is 20.4 Å². The molecule has 0 aliphatic carbocycles. The van der Waals surface area contributed by atoms with Crippen LogP contribution < -0.4 is 10.2 Å². The van der Waals surface area contributed by atoms with E-state index in [4.69, 9.17) is 8.83 Å². The average molecular weight is 675 g/mol. The summed E-state index contributed by atoms with van der Waals surface area (Å²) in [5, 5.41) is 63.4. The molecule has 0 radical (unpaired) electrons. The molecule has 0 bridgehead atoms. The maximum absolute atomic E-state index is 11.9. The number of benzene rings is 4. The Balaban J connectivity index is 0.000000208. The summed E-state index contributed by atoms with van der Waals surface area (Å²) in [7, 11) is 0. The van der Waals surface area contributed by atoms with Crippen molar-refractivity contribution in [1.82, 2.24) is 0 Å². The van der Waals surface area contributed by atoms with Crippen LogP contribution in [0.25, 0.3) is 21.5 Å². The molecule has 4 aromatic carbocycles. The molecule has 47 heavy (non-hydrogen) atoms. The third-order valence-electron chi connectivity index (χ3n) is 6.32. The first-order chi connectivity index (χ1) is 22.3. The van der Waals surface area contributed by atoms with Crippen LogP contribution in [0, 0.1) is 20.2 Å². The zero-order valence-corrected chi connectivity index (χ0v) is 24.8. The van der Waals surface area contributed by atoms with Gasteiger partial charge in [0.2, 0.25) is 0 Å². The van der Waals surface area contributed by atoms with Gasteiger partial charge in [0.1, 0.15) is 9.85 Å². The summed E-state index contributed by atoms with van der Waals surface area (Å²) < 4.78 is 9.81. The summed E-state index contributed by atoms with van der Waals surface area (Å²) in [6.45, 7) is 0. The van der Waals surface area contributed by atoms with Crippen LogP contribution in [-0.4, -0.2) is 34.7 Å². The zero-order chi connectivity index (χ0) is 32.5. The van der Waals surface area contributed by atoms with Crippen LogP contribution in [-0.2, 0) is 16.5 Å². The predicted molar refractivity (Wildman–Crippen MR) is 168 cm³/mol. The molecule has 0 amide bonds. The van der Waals surface area contributed by atoms with E-state index in [1.165, 1.54) is 61.3 Å². The molecule has 2 heterocycles. The smallest absolute Gasteiger partial charge is 0.872 e. The minimum absolute atomic E-state index is 0. The van der Waals surface area contributed by atoms with Crippen LogP contribution in [0.15, 0.2) is 126 Å². The molecule has 6 rings (SSSR count). The Kier molecular flexibility index (Phi) is 11.0. The first-order valence-electron chi connectivity index (χ1n) is 13.3. The van der Waals surface area contributed by atoms with Crippen molar-refractivity contribution in [3.63, 3.8) is 0 Å². The molecule has 0 fully saturated rings. The van der Waals surface area contributed by atoms with Crippen LogP contribution >= 0.6 is 0 Å². The normalized spacial score (nSPS) is 11.4. The summed E-state index contributed by atoms with van der Waals surface area (Å²) in [4.78, 5) is 19.7. The quantitative estimate of drug-likeness (QED) is 0.0840. The SMILES string of the molecule is O=[N+]([O-])c1ccc(/C=N/N=C/c2c([O-])ccc3ccccc23)o1.O=[N+]([O-])c1ccc(/C=N/N=C/c2c([O-])ccc3ccccc23)o1.[Ni+2]. The second kappa shape index (κ2) is 15.5. The van der Waals surface area contributed by atoms with Crippen molar-refractivity contribution in [2.24, 2.45) is 20.4 Å². The second-order valence-corrected chi connectivity index (χ2v) is 9.24. The number of fused-ring (bicyclic) bond motifs is 2. The molecule has 0 unspecified atom stereocenters. The fourth-order valence-electron chi connectivity index (χ4n) is 4.20. The molecular formula is C32H20N6NiO8. The Morgan fingerprint density at radius 2 is 0.894 bits per heavy atom. The molecular weight excluding hydrogens is 655 g/mol. The molecule has 0 saturated heterocycles. The molecule has 0 aliphatic heterocycles. The Labute approximate surface area is 274 Å². The fourth-order valence-corrected chi connectivity index (χ4v) is 4.20. The molecule has 6 aromatic rings. The number of nitro groups is 2. The van der Waals surface area contributed by atoms with Crippen LogP contribution in [0.5, 0.6) is 11.5 Å². The predicted octanol–water partition coefficient (Wildman–Crippen LogP) is 5.73. The van der Waals surface area contributed by atoms with E-state index in [2.05, 4.69) is 20.4 Å². The first-order valence-corrected chi connectivity index (χ1v) is 13.3. The number of rotatable bonds is 8. The van der Waals surface area contributed by atoms with E-state index in [1.54, 1.807) is 12.1 Å². The summed E-state index contributed by atoms with van der Waals surface area (Å²) in [5.74, 6) is -0.645. The summed E-state index contributed by atoms with van der Waals surface area (Å²) in [6, 6.07) is 26.6. The van der Waals surface area contributed by atoms with Crippen LogP contribution in [0.4, 0.5) is 11.8 Å². The molecule has 0 N–H and O–H groups in total. The fraction of sp³-hybridized carbons (Fsp3) is 0. The van der Waals surface area contributed by atoms with Crippen molar-refractivity contribution in [2.75, 3.05) is 0 Å². The van der Waals surface area contributed by atoms with Gasteiger partial charge in [0, 0.05) is 0 Å². The molecule has 14 nitrogen and oxygen atoms in total. The summed E-state index contributed by atoms with van der Waals surface area (Å²) >= 11 is 0. The van der Waals surface area contributed by atoms with Gasteiger partial charge in [0.05, 0.1) is 37.0 Å². The molecule has 0 saturated carbocycles. The summed E-state index contributed by atoms with van der Waals surface area (Å²) in [6.07, 6.45) is 5.19. The van der Waals surface area contributed by atoms with E-state index < -0.39 is 9.85 Å². The van der Waals surface area contributed by atoms with E-state index in [0.29, 0.717) is 11.1 Å². The maximum Gasteiger partial charge on any atom is 2.00 e. The van der Waals surface area contributed by atoms with Gasteiger partial charge < -0.3 is 19.0 Å². The van der Waals surface area contributed by atoms with Crippen molar-refractivity contribution in [1.29, 1.82) is 0 Å². The number of nitrogens with zero attached hydrogens (tertiary/aromatic N) is 6. The van der Waals surface area contributed by atoms with Gasteiger partial charge in [-0.15, -0.1) is 0 Å². The van der Waals surface area contributed by atoms with E-state index in [1.807, 2.05) is 48.5 Å². The van der Waals surface area contributed by atoms with Gasteiger partial charge in [-0.1, -0.05) is 84.3 Å². The number of furan rings is 2. The van der Waals surface area contributed by atoms with Crippen molar-refractivity contribution >= 4 is 58.2 Å². The Bertz CT molecular complexity index is 2020. The number of hydrogen-bond donors (Lipinski definition) is 0. The van der Waals surface area contributed by atoms with Crippen LogP contribution in [0.2, 0.25) is 0 Å². The molecule has 0 atom stereocenters. The zero-order valence-electron chi connectivity index (χ0n) is 23.8. The number of hydrogen-bond acceptors (Lipinski definition) is 12. The van der Waals surface area contributed by atoms with Crippen molar-refractivity contribution in [3.8, 4) is 11.5 Å². The first kappa shape index (κ1) is 33.4. The van der Waals surface area contributed by atoms with E-state index >= 15 is 0 Å². The molecule has 236 valence electrons. The van der Waals surface area contributed by atoms with Gasteiger partial charge in [-0.3, -0.25) is 20.2 Å². The Morgan fingerprint density at radius 3 is 1.28 bits per heavy atom. The third kappa shape index (κ3) is 8.38. The topological polar surface area (TPSA) is 208 Å². The van der Waals surface area contributed by atoms with Gasteiger partial charge in [-0.25, -0.2) is 0 Å². The minimum Gasteiger partial charge on any atom is -0.872 e. The van der Waals surface area contributed by atoms with Crippen molar-refractivity contribution in [3.05, 3.63) is 140 Å². The largest absolute Gasteiger partial charge is 2.00 e. The third-order valence-corrected chi connectivity index (χ3v) is 6.32. The monoisotopic (exact) mass is 674 g/mol. The van der Waals surface area contributed by atoms with E-state index in [-0.39, 0.29) is 51.3 Å². The minimum atomic E-state index is -0.638. The average Bonchev–Trinajstić information content (AvgIpc) is 3.74. The summed E-state index contributed by atoms with van der Waals surface area (Å²) in [5.41, 5.74) is 0.872. The van der Waals surface area contributed by atoms with Gasteiger partial charge >= 0.3 is 28.3 Å². The molecule has 0 aliphatic rings. The van der Waals surface area contributed by atoms with Crippen LogP contribution in [0.3, 0.4) is 0 Å². The Hall–Kier alpha value is -6.47. The van der Waals surface area contributed by atoms with E-state index in [0.717, 1.165) is 21.5 Å².